The van der Waals surface area contributed by atoms with Crippen molar-refractivity contribution in [1.29, 1.82) is 0 Å². The van der Waals surface area contributed by atoms with E-state index in [0.29, 0.717) is 10.1 Å². The number of aromatic nitrogens is 2. The average Bonchev–Trinajstić information content (AvgIpc) is 2.34. The molecule has 0 fully saturated rings. The molecule has 94 valence electrons. The number of hydrogen-bond donors (Lipinski definition) is 0. The van der Waals surface area contributed by atoms with Crippen LogP contribution in [0.3, 0.4) is 0 Å². The van der Waals surface area contributed by atoms with Crippen LogP contribution in [0.15, 0.2) is 40.1 Å². The molecule has 5 heteroatoms. The third kappa shape index (κ3) is 2.40. The second kappa shape index (κ2) is 5.09. The lowest BCUT2D eigenvalue weighted by Crippen LogP contribution is -2.40. The lowest BCUT2D eigenvalue weighted by Gasteiger charge is -2.09. The molecule has 0 unspecified atom stereocenters. The van der Waals surface area contributed by atoms with Gasteiger partial charge in [-0.25, -0.2) is 4.79 Å². The number of nitrogens with zero attached hydrogens (tertiary/aromatic N) is 2. The monoisotopic (exact) mass is 356 g/mol. The van der Waals surface area contributed by atoms with Crippen LogP contribution in [0.2, 0.25) is 0 Å². The predicted octanol–water partition coefficient (Wildman–Crippen LogP) is 1.51. The average molecular weight is 356 g/mol. The molecular weight excluding hydrogens is 343 g/mol. The van der Waals surface area contributed by atoms with Crippen LogP contribution in [0, 0.1) is 10.5 Å². The van der Waals surface area contributed by atoms with Gasteiger partial charge in [0.05, 0.1) is 10.1 Å². The Morgan fingerprint density at radius 2 is 1.89 bits per heavy atom. The maximum absolute atomic E-state index is 12.0. The zero-order valence-electron chi connectivity index (χ0n) is 10.2. The zero-order chi connectivity index (χ0) is 13.3. The molecule has 18 heavy (non-hydrogen) atoms. The second-order valence-corrected chi connectivity index (χ2v) is 5.35. The van der Waals surface area contributed by atoms with E-state index in [9.17, 15) is 9.59 Å². The topological polar surface area (TPSA) is 44.0 Å². The van der Waals surface area contributed by atoms with Crippen LogP contribution >= 0.6 is 22.6 Å². The first-order chi connectivity index (χ1) is 8.50. The van der Waals surface area contributed by atoms with Crippen molar-refractivity contribution in [3.05, 3.63) is 66.0 Å². The van der Waals surface area contributed by atoms with Gasteiger partial charge in [0, 0.05) is 13.2 Å². The van der Waals surface area contributed by atoms with Crippen LogP contribution < -0.4 is 11.2 Å². The standard InChI is InChI=1S/C13H13IN2O2/c1-9-5-3-4-6-10(9)7-16-12(17)11(14)8-15(2)13(16)18/h3-6,8H,7H2,1-2H3. The maximum Gasteiger partial charge on any atom is 0.331 e. The molecule has 0 spiro atoms. The minimum atomic E-state index is -0.288. The van der Waals surface area contributed by atoms with Crippen molar-refractivity contribution >= 4 is 22.6 Å². The molecule has 0 radical (unpaired) electrons. The van der Waals surface area contributed by atoms with Crippen LogP contribution in [0.4, 0.5) is 0 Å². The van der Waals surface area contributed by atoms with Crippen LogP contribution in [-0.2, 0) is 13.6 Å². The molecule has 1 aromatic heterocycles. The summed E-state index contributed by atoms with van der Waals surface area (Å²) < 4.78 is 3.24. The van der Waals surface area contributed by atoms with Gasteiger partial charge in [-0.2, -0.15) is 0 Å². The van der Waals surface area contributed by atoms with E-state index in [2.05, 4.69) is 0 Å². The Morgan fingerprint density at radius 1 is 1.22 bits per heavy atom. The van der Waals surface area contributed by atoms with Gasteiger partial charge in [0.25, 0.3) is 5.56 Å². The molecule has 2 rings (SSSR count). The van der Waals surface area contributed by atoms with E-state index in [1.807, 2.05) is 53.8 Å². The molecule has 0 saturated carbocycles. The van der Waals surface area contributed by atoms with Crippen LogP contribution in [0.25, 0.3) is 0 Å². The number of aryl methyl sites for hydroxylation is 2. The number of rotatable bonds is 2. The minimum absolute atomic E-state index is 0.234. The summed E-state index contributed by atoms with van der Waals surface area (Å²) in [6.07, 6.45) is 1.56. The van der Waals surface area contributed by atoms with Gasteiger partial charge in [-0.05, 0) is 40.6 Å². The molecule has 0 saturated heterocycles. The molecule has 0 N–H and O–H groups in total. The molecule has 4 nitrogen and oxygen atoms in total. The molecule has 0 amide bonds. The molecule has 1 heterocycles. The third-order valence-corrected chi connectivity index (χ3v) is 3.62. The van der Waals surface area contributed by atoms with E-state index in [1.165, 1.54) is 9.13 Å². The van der Waals surface area contributed by atoms with Crippen molar-refractivity contribution in [2.24, 2.45) is 7.05 Å². The van der Waals surface area contributed by atoms with Gasteiger partial charge < -0.3 is 4.57 Å². The molecule has 0 bridgehead atoms. The van der Waals surface area contributed by atoms with Crippen molar-refractivity contribution in [3.8, 4) is 0 Å². The Labute approximate surface area is 118 Å². The summed E-state index contributed by atoms with van der Waals surface area (Å²) in [7, 11) is 1.65. The highest BCUT2D eigenvalue weighted by molar-refractivity contribution is 14.1. The number of halogens is 1. The summed E-state index contributed by atoms with van der Waals surface area (Å²) in [4.78, 5) is 24.0. The first-order valence-electron chi connectivity index (χ1n) is 5.51. The molecule has 0 aliphatic rings. The van der Waals surface area contributed by atoms with Gasteiger partial charge in [0.15, 0.2) is 0 Å². The van der Waals surface area contributed by atoms with E-state index in [0.717, 1.165) is 11.1 Å². The quantitative estimate of drug-likeness (QED) is 0.766. The summed E-state index contributed by atoms with van der Waals surface area (Å²) in [6, 6.07) is 7.75. The minimum Gasteiger partial charge on any atom is -0.302 e. The highest BCUT2D eigenvalue weighted by atomic mass is 127. The smallest absolute Gasteiger partial charge is 0.302 e. The highest BCUT2D eigenvalue weighted by Crippen LogP contribution is 2.07. The van der Waals surface area contributed by atoms with Crippen molar-refractivity contribution in [3.63, 3.8) is 0 Å². The Balaban J connectivity index is 2.57. The summed E-state index contributed by atoms with van der Waals surface area (Å²) in [5, 5.41) is 0. The van der Waals surface area contributed by atoms with E-state index in [4.69, 9.17) is 0 Å². The molecule has 0 aliphatic heterocycles. The summed E-state index contributed by atoms with van der Waals surface area (Å²) >= 11 is 1.95. The van der Waals surface area contributed by atoms with Gasteiger partial charge in [0.1, 0.15) is 0 Å². The maximum atomic E-state index is 12.0. The Hall–Kier alpha value is -1.37. The molecule has 2 aromatic rings. The number of hydrogen-bond acceptors (Lipinski definition) is 2. The fourth-order valence-electron chi connectivity index (χ4n) is 1.78. The lowest BCUT2D eigenvalue weighted by atomic mass is 10.1. The molecular formula is C13H13IN2O2. The van der Waals surface area contributed by atoms with Crippen molar-refractivity contribution in [1.82, 2.24) is 9.13 Å². The lowest BCUT2D eigenvalue weighted by molar-refractivity contribution is 0.632. The van der Waals surface area contributed by atoms with E-state index in [-0.39, 0.29) is 11.2 Å². The van der Waals surface area contributed by atoms with Gasteiger partial charge >= 0.3 is 5.69 Å². The summed E-state index contributed by atoms with van der Waals surface area (Å²) in [5.41, 5.74) is 1.54. The Morgan fingerprint density at radius 3 is 2.56 bits per heavy atom. The Bertz CT molecular complexity index is 667. The SMILES string of the molecule is Cc1ccccc1Cn1c(=O)c(I)cn(C)c1=O. The second-order valence-electron chi connectivity index (χ2n) is 4.19. The summed E-state index contributed by atoms with van der Waals surface area (Å²) in [6.45, 7) is 2.29. The third-order valence-electron chi connectivity index (χ3n) is 2.88. The van der Waals surface area contributed by atoms with Gasteiger partial charge in [0.2, 0.25) is 0 Å². The summed E-state index contributed by atoms with van der Waals surface area (Å²) in [5.74, 6) is 0. The highest BCUT2D eigenvalue weighted by Gasteiger charge is 2.09. The fourth-order valence-corrected chi connectivity index (χ4v) is 2.49. The van der Waals surface area contributed by atoms with Gasteiger partial charge in [-0.15, -0.1) is 0 Å². The van der Waals surface area contributed by atoms with Gasteiger partial charge in [-0.1, -0.05) is 24.3 Å². The van der Waals surface area contributed by atoms with E-state index >= 15 is 0 Å². The molecule has 0 aliphatic carbocycles. The Kier molecular flexibility index (Phi) is 3.70. The normalized spacial score (nSPS) is 10.6. The van der Waals surface area contributed by atoms with Gasteiger partial charge in [-0.3, -0.25) is 9.36 Å². The van der Waals surface area contributed by atoms with Crippen LogP contribution in [-0.4, -0.2) is 9.13 Å². The molecule has 1 aromatic carbocycles. The van der Waals surface area contributed by atoms with Crippen molar-refractivity contribution in [2.75, 3.05) is 0 Å². The van der Waals surface area contributed by atoms with Crippen molar-refractivity contribution in [2.45, 2.75) is 13.5 Å². The van der Waals surface area contributed by atoms with Crippen LogP contribution in [0.5, 0.6) is 0 Å². The largest absolute Gasteiger partial charge is 0.331 e. The van der Waals surface area contributed by atoms with Crippen molar-refractivity contribution < 1.29 is 0 Å². The first-order valence-corrected chi connectivity index (χ1v) is 6.59. The zero-order valence-corrected chi connectivity index (χ0v) is 12.3. The molecule has 0 atom stereocenters. The van der Waals surface area contributed by atoms with Crippen LogP contribution in [0.1, 0.15) is 11.1 Å². The fraction of sp³-hybridized carbons (Fsp3) is 0.231. The number of benzene rings is 1. The van der Waals surface area contributed by atoms with E-state index in [1.54, 1.807) is 13.2 Å². The van der Waals surface area contributed by atoms with E-state index < -0.39 is 0 Å². The first kappa shape index (κ1) is 13.1. The predicted molar refractivity (Wildman–Crippen MR) is 78.9 cm³/mol.